The highest BCUT2D eigenvalue weighted by Crippen LogP contribution is 2.14. The molecule has 0 aromatic heterocycles. The molecule has 0 saturated heterocycles. The van der Waals surface area contributed by atoms with Gasteiger partial charge in [0.25, 0.3) is 0 Å². The number of hydrogen-bond acceptors (Lipinski definition) is 1. The van der Waals surface area contributed by atoms with Crippen LogP contribution in [0.2, 0.25) is 0 Å². The van der Waals surface area contributed by atoms with E-state index in [-0.39, 0.29) is 12.0 Å². The van der Waals surface area contributed by atoms with Crippen LogP contribution in [-0.4, -0.2) is 5.91 Å². The topological polar surface area (TPSA) is 43.1 Å². The van der Waals surface area contributed by atoms with Crippen LogP contribution in [0.3, 0.4) is 0 Å². The van der Waals surface area contributed by atoms with Gasteiger partial charge < -0.3 is 5.73 Å². The first-order valence-electron chi connectivity index (χ1n) is 3.82. The molecule has 0 spiro atoms. The van der Waals surface area contributed by atoms with Crippen molar-refractivity contribution in [3.8, 4) is 11.8 Å². The third kappa shape index (κ3) is 3.19. The zero-order valence-corrected chi connectivity index (χ0v) is 8.77. The molecule has 0 unspecified atom stereocenters. The van der Waals surface area contributed by atoms with E-state index in [9.17, 15) is 9.18 Å². The van der Waals surface area contributed by atoms with E-state index >= 15 is 0 Å². The maximum absolute atomic E-state index is 13.1. The number of halogens is 2. The van der Waals surface area contributed by atoms with Gasteiger partial charge in [-0.15, -0.1) is 0 Å². The van der Waals surface area contributed by atoms with E-state index in [1.807, 2.05) is 0 Å². The quantitative estimate of drug-likeness (QED) is 0.765. The summed E-state index contributed by atoms with van der Waals surface area (Å²) in [6.45, 7) is 0. The second-order valence-corrected chi connectivity index (χ2v) is 3.48. The molecule has 0 aliphatic heterocycles. The van der Waals surface area contributed by atoms with Crippen LogP contribution >= 0.6 is 15.9 Å². The van der Waals surface area contributed by atoms with E-state index in [1.54, 1.807) is 6.07 Å². The van der Waals surface area contributed by atoms with Crippen LogP contribution in [0.1, 0.15) is 12.0 Å². The van der Waals surface area contributed by atoms with Crippen LogP contribution in [0, 0.1) is 17.7 Å². The van der Waals surface area contributed by atoms with Crippen molar-refractivity contribution in [3.05, 3.63) is 34.1 Å². The number of hydrogen-bond donors (Lipinski definition) is 1. The highest BCUT2D eigenvalue weighted by molar-refractivity contribution is 9.10. The van der Waals surface area contributed by atoms with Crippen LogP contribution in [0.5, 0.6) is 0 Å². The molecule has 1 rings (SSSR count). The first kappa shape index (κ1) is 10.7. The van der Waals surface area contributed by atoms with Crippen molar-refractivity contribution in [2.75, 3.05) is 0 Å². The second-order valence-electron chi connectivity index (χ2n) is 2.57. The highest BCUT2D eigenvalue weighted by Gasteiger charge is 1.98. The third-order valence-electron chi connectivity index (χ3n) is 1.42. The van der Waals surface area contributed by atoms with Crippen LogP contribution in [-0.2, 0) is 4.79 Å². The monoisotopic (exact) mass is 255 g/mol. The van der Waals surface area contributed by atoms with Gasteiger partial charge in [-0.2, -0.15) is 0 Å². The molecular weight excluding hydrogens is 249 g/mol. The van der Waals surface area contributed by atoms with Crippen molar-refractivity contribution >= 4 is 21.8 Å². The lowest BCUT2D eigenvalue weighted by molar-refractivity contribution is -0.117. The molecule has 0 bridgehead atoms. The Kier molecular flexibility index (Phi) is 3.66. The van der Waals surface area contributed by atoms with Gasteiger partial charge >= 0.3 is 0 Å². The highest BCUT2D eigenvalue weighted by atomic mass is 79.9. The standard InChI is InChI=1S/C10H7BrFNO/c11-8-5-4-7(9(12)6-8)2-1-3-10(13)14/h4-6H,3H2,(H2,13,14). The van der Waals surface area contributed by atoms with Crippen molar-refractivity contribution in [3.63, 3.8) is 0 Å². The van der Waals surface area contributed by atoms with Gasteiger partial charge in [0, 0.05) is 4.47 Å². The van der Waals surface area contributed by atoms with Crippen LogP contribution in [0.15, 0.2) is 22.7 Å². The first-order valence-corrected chi connectivity index (χ1v) is 4.61. The van der Waals surface area contributed by atoms with Crippen molar-refractivity contribution in [1.29, 1.82) is 0 Å². The van der Waals surface area contributed by atoms with E-state index in [1.165, 1.54) is 12.1 Å². The molecule has 14 heavy (non-hydrogen) atoms. The molecule has 4 heteroatoms. The van der Waals surface area contributed by atoms with Gasteiger partial charge in [0.15, 0.2) is 0 Å². The lowest BCUT2D eigenvalue weighted by Crippen LogP contribution is -2.08. The Morgan fingerprint density at radius 3 is 2.86 bits per heavy atom. The maximum atomic E-state index is 13.1. The van der Waals surface area contributed by atoms with E-state index < -0.39 is 11.7 Å². The lowest BCUT2D eigenvalue weighted by Gasteiger charge is -1.94. The van der Waals surface area contributed by atoms with Crippen molar-refractivity contribution in [2.45, 2.75) is 6.42 Å². The van der Waals surface area contributed by atoms with Gasteiger partial charge in [0.1, 0.15) is 5.82 Å². The van der Waals surface area contributed by atoms with E-state index in [4.69, 9.17) is 5.73 Å². The Balaban J connectivity index is 2.85. The minimum absolute atomic E-state index is 0.0600. The Labute approximate surface area is 89.4 Å². The number of carbonyl (C=O) groups excluding carboxylic acids is 1. The summed E-state index contributed by atoms with van der Waals surface area (Å²) in [6.07, 6.45) is -0.0600. The largest absolute Gasteiger partial charge is 0.369 e. The molecule has 1 aromatic rings. The number of amides is 1. The SMILES string of the molecule is NC(=O)CC#Cc1ccc(Br)cc1F. The summed E-state index contributed by atoms with van der Waals surface area (Å²) < 4.78 is 13.8. The summed E-state index contributed by atoms with van der Waals surface area (Å²) >= 11 is 3.13. The Hall–Kier alpha value is -1.34. The number of nitrogens with two attached hydrogens (primary N) is 1. The average molecular weight is 256 g/mol. The van der Waals surface area contributed by atoms with Crippen molar-refractivity contribution in [1.82, 2.24) is 0 Å². The lowest BCUT2D eigenvalue weighted by atomic mass is 10.2. The maximum Gasteiger partial charge on any atom is 0.229 e. The molecule has 0 radical (unpaired) electrons. The molecule has 1 amide bonds. The van der Waals surface area contributed by atoms with E-state index in [0.717, 1.165) is 0 Å². The smallest absolute Gasteiger partial charge is 0.229 e. The average Bonchev–Trinajstić information content (AvgIpc) is 2.08. The van der Waals surface area contributed by atoms with Gasteiger partial charge in [-0.05, 0) is 18.2 Å². The first-order chi connectivity index (χ1) is 6.59. The fourth-order valence-corrected chi connectivity index (χ4v) is 1.15. The van der Waals surface area contributed by atoms with E-state index in [2.05, 4.69) is 27.8 Å². The second kappa shape index (κ2) is 4.77. The molecular formula is C10H7BrFNO. The third-order valence-corrected chi connectivity index (χ3v) is 1.91. The molecule has 0 saturated carbocycles. The van der Waals surface area contributed by atoms with Crippen molar-refractivity contribution < 1.29 is 9.18 Å². The zero-order valence-electron chi connectivity index (χ0n) is 7.18. The summed E-state index contributed by atoms with van der Waals surface area (Å²) in [7, 11) is 0. The number of benzene rings is 1. The summed E-state index contributed by atoms with van der Waals surface area (Å²) in [5.74, 6) is 4.07. The predicted octanol–water partition coefficient (Wildman–Crippen LogP) is 1.82. The molecule has 0 aliphatic rings. The van der Waals surface area contributed by atoms with Gasteiger partial charge in [0.2, 0.25) is 5.91 Å². The molecule has 0 fully saturated rings. The number of rotatable bonds is 1. The molecule has 0 heterocycles. The normalized spacial score (nSPS) is 9.00. The molecule has 2 nitrogen and oxygen atoms in total. The summed E-state index contributed by atoms with van der Waals surface area (Å²) in [5.41, 5.74) is 5.13. The molecule has 2 N–H and O–H groups in total. The molecule has 72 valence electrons. The number of primary amides is 1. The fourth-order valence-electron chi connectivity index (χ4n) is 0.817. The van der Waals surface area contributed by atoms with Crippen LogP contribution in [0.4, 0.5) is 4.39 Å². The van der Waals surface area contributed by atoms with Gasteiger partial charge in [-0.1, -0.05) is 27.8 Å². The predicted molar refractivity (Wildman–Crippen MR) is 54.8 cm³/mol. The van der Waals surface area contributed by atoms with Gasteiger partial charge in [-0.3, -0.25) is 4.79 Å². The molecule has 0 atom stereocenters. The van der Waals surface area contributed by atoms with Crippen LogP contribution < -0.4 is 5.73 Å². The summed E-state index contributed by atoms with van der Waals surface area (Å²) in [4.78, 5) is 10.3. The Morgan fingerprint density at radius 1 is 1.57 bits per heavy atom. The van der Waals surface area contributed by atoms with E-state index in [0.29, 0.717) is 4.47 Å². The Bertz CT molecular complexity index is 420. The van der Waals surface area contributed by atoms with Crippen LogP contribution in [0.25, 0.3) is 0 Å². The summed E-state index contributed by atoms with van der Waals surface area (Å²) in [6, 6.07) is 4.53. The zero-order chi connectivity index (χ0) is 10.6. The van der Waals surface area contributed by atoms with Crippen molar-refractivity contribution in [2.24, 2.45) is 5.73 Å². The Morgan fingerprint density at radius 2 is 2.29 bits per heavy atom. The molecule has 1 aromatic carbocycles. The minimum atomic E-state index is -0.519. The number of carbonyl (C=O) groups is 1. The minimum Gasteiger partial charge on any atom is -0.369 e. The summed E-state index contributed by atoms with van der Waals surface area (Å²) in [5, 5.41) is 0. The van der Waals surface area contributed by atoms with Gasteiger partial charge in [-0.25, -0.2) is 4.39 Å². The fraction of sp³-hybridized carbons (Fsp3) is 0.100. The van der Waals surface area contributed by atoms with Gasteiger partial charge in [0.05, 0.1) is 12.0 Å². The molecule has 0 aliphatic carbocycles.